The van der Waals surface area contributed by atoms with E-state index in [-0.39, 0.29) is 11.5 Å². The molecule has 0 aromatic carbocycles. The Morgan fingerprint density at radius 3 is 2.79 bits per heavy atom. The maximum atomic E-state index is 4.84. The van der Waals surface area contributed by atoms with E-state index in [2.05, 4.69) is 56.5 Å². The van der Waals surface area contributed by atoms with E-state index in [1.165, 1.54) is 0 Å². The van der Waals surface area contributed by atoms with Crippen molar-refractivity contribution >= 4 is 34.4 Å². The highest BCUT2D eigenvalue weighted by Gasteiger charge is 2.29. The van der Waals surface area contributed by atoms with Crippen molar-refractivity contribution in [2.45, 2.75) is 52.1 Å². The van der Waals surface area contributed by atoms with Crippen molar-refractivity contribution in [2.24, 2.45) is 4.99 Å². The van der Waals surface area contributed by atoms with Crippen LogP contribution in [0.3, 0.4) is 0 Å². The predicted molar refractivity (Wildman–Crippen MR) is 106 cm³/mol. The van der Waals surface area contributed by atoms with Gasteiger partial charge in [0.1, 0.15) is 17.2 Å². The Kier molecular flexibility index (Phi) is 4.64. The number of hydrogen-bond donors (Lipinski definition) is 0. The van der Waals surface area contributed by atoms with Crippen LogP contribution in [0.15, 0.2) is 9.62 Å². The summed E-state index contributed by atoms with van der Waals surface area (Å²) in [6.45, 7) is 10.0. The number of aromatic nitrogens is 7. The molecule has 1 saturated heterocycles. The predicted octanol–water partition coefficient (Wildman–Crippen LogP) is 1.94. The number of hydrogen-bond acceptors (Lipinski definition) is 10. The number of anilines is 1. The van der Waals surface area contributed by atoms with Crippen molar-refractivity contribution in [3.05, 3.63) is 17.2 Å². The van der Waals surface area contributed by atoms with Gasteiger partial charge in [0.05, 0.1) is 17.7 Å². The molecule has 1 unspecified atom stereocenters. The fraction of sp³-hybridized carbons (Fsp3) is 0.588. The van der Waals surface area contributed by atoms with Crippen LogP contribution in [0.25, 0.3) is 11.2 Å². The lowest BCUT2D eigenvalue weighted by Crippen LogP contribution is -2.25. The Labute approximate surface area is 167 Å². The van der Waals surface area contributed by atoms with Crippen LogP contribution in [-0.4, -0.2) is 59.6 Å². The molecular formula is C17H21N9OS. The van der Waals surface area contributed by atoms with E-state index < -0.39 is 0 Å². The van der Waals surface area contributed by atoms with Gasteiger partial charge in [-0.05, 0) is 25.6 Å². The molecule has 10 nitrogen and oxygen atoms in total. The van der Waals surface area contributed by atoms with Gasteiger partial charge in [-0.2, -0.15) is 0 Å². The summed E-state index contributed by atoms with van der Waals surface area (Å²) in [5, 5.41) is 18.9. The molecular weight excluding hydrogens is 378 g/mol. The molecule has 4 heterocycles. The molecule has 0 N–H and O–H groups in total. The molecule has 1 aliphatic heterocycles. The third-order valence-corrected chi connectivity index (χ3v) is 4.86. The van der Waals surface area contributed by atoms with Gasteiger partial charge in [0.2, 0.25) is 0 Å². The largest absolute Gasteiger partial charge is 0.352 e. The van der Waals surface area contributed by atoms with E-state index in [1.54, 1.807) is 4.68 Å². The molecule has 1 fully saturated rings. The molecule has 1 atom stereocenters. The SMILES string of the molecule is Cc1nonc1Cn1nnc2c(N3CCC(N=C=S)C3)nc(C(C)(C)C)nc21. The molecule has 3 aromatic rings. The summed E-state index contributed by atoms with van der Waals surface area (Å²) in [6, 6.07) is 0.125. The zero-order valence-corrected chi connectivity index (χ0v) is 17.1. The quantitative estimate of drug-likeness (QED) is 0.480. The van der Waals surface area contributed by atoms with Crippen LogP contribution in [0, 0.1) is 6.92 Å². The monoisotopic (exact) mass is 399 g/mol. The van der Waals surface area contributed by atoms with Crippen LogP contribution in [0.4, 0.5) is 5.82 Å². The highest BCUT2D eigenvalue weighted by Crippen LogP contribution is 2.29. The van der Waals surface area contributed by atoms with Crippen molar-refractivity contribution in [3.8, 4) is 0 Å². The van der Waals surface area contributed by atoms with Crippen molar-refractivity contribution in [1.29, 1.82) is 0 Å². The number of isothiocyanates is 1. The lowest BCUT2D eigenvalue weighted by Gasteiger charge is -2.21. The third-order valence-electron chi connectivity index (χ3n) is 4.76. The molecule has 0 aliphatic carbocycles. The Morgan fingerprint density at radius 2 is 2.11 bits per heavy atom. The Hall–Kier alpha value is -2.78. The summed E-state index contributed by atoms with van der Waals surface area (Å²) in [5.74, 6) is 1.51. The molecule has 1 aliphatic rings. The van der Waals surface area contributed by atoms with Gasteiger partial charge in [0.25, 0.3) is 0 Å². The fourth-order valence-corrected chi connectivity index (χ4v) is 3.30. The summed E-state index contributed by atoms with van der Waals surface area (Å²) in [7, 11) is 0. The van der Waals surface area contributed by atoms with Gasteiger partial charge < -0.3 is 4.90 Å². The summed E-state index contributed by atoms with van der Waals surface area (Å²) in [5.41, 5.74) is 2.51. The Morgan fingerprint density at radius 1 is 1.29 bits per heavy atom. The fourth-order valence-electron chi connectivity index (χ4n) is 3.15. The first kappa shape index (κ1) is 18.6. The van der Waals surface area contributed by atoms with Crippen LogP contribution >= 0.6 is 12.2 Å². The number of aliphatic imine (C=N–C) groups is 1. The van der Waals surface area contributed by atoms with E-state index in [0.29, 0.717) is 23.4 Å². The standard InChI is InChI=1S/C17H21N9OS/c1-10-12(23-27-22-10)8-26-15-13(21-24-26)14(19-16(20-15)17(2,3)4)25-6-5-11(7-25)18-9-28/h11H,5-8H2,1-4H3. The second-order valence-corrected chi connectivity index (χ2v) is 8.13. The van der Waals surface area contributed by atoms with Crippen molar-refractivity contribution in [3.63, 3.8) is 0 Å². The first-order valence-electron chi connectivity index (χ1n) is 9.08. The van der Waals surface area contributed by atoms with Crippen LogP contribution in [0.2, 0.25) is 0 Å². The van der Waals surface area contributed by atoms with Gasteiger partial charge >= 0.3 is 0 Å². The highest BCUT2D eigenvalue weighted by atomic mass is 32.1. The smallest absolute Gasteiger partial charge is 0.184 e. The summed E-state index contributed by atoms with van der Waals surface area (Å²) >= 11 is 4.75. The Balaban J connectivity index is 1.80. The Bertz CT molecular complexity index is 1060. The molecule has 3 aromatic heterocycles. The molecule has 0 bridgehead atoms. The second-order valence-electron chi connectivity index (χ2n) is 7.95. The minimum Gasteiger partial charge on any atom is -0.352 e. The van der Waals surface area contributed by atoms with E-state index >= 15 is 0 Å². The van der Waals surface area contributed by atoms with Gasteiger partial charge in [-0.1, -0.05) is 36.3 Å². The number of fused-ring (bicyclic) bond motifs is 1. The van der Waals surface area contributed by atoms with Crippen molar-refractivity contribution in [2.75, 3.05) is 18.0 Å². The van der Waals surface area contributed by atoms with Gasteiger partial charge in [-0.15, -0.1) is 5.10 Å². The van der Waals surface area contributed by atoms with Crippen LogP contribution in [-0.2, 0) is 12.0 Å². The first-order chi connectivity index (χ1) is 13.4. The zero-order chi connectivity index (χ0) is 19.9. The first-order valence-corrected chi connectivity index (χ1v) is 9.49. The number of rotatable bonds is 4. The van der Waals surface area contributed by atoms with Gasteiger partial charge in [0.15, 0.2) is 17.0 Å². The maximum Gasteiger partial charge on any atom is 0.184 e. The summed E-state index contributed by atoms with van der Waals surface area (Å²) < 4.78 is 6.51. The second kappa shape index (κ2) is 6.99. The maximum absolute atomic E-state index is 4.84. The lowest BCUT2D eigenvalue weighted by molar-refractivity contribution is 0.300. The number of nitrogens with zero attached hydrogens (tertiary/aromatic N) is 9. The van der Waals surface area contributed by atoms with Crippen molar-refractivity contribution < 1.29 is 4.63 Å². The van der Waals surface area contributed by atoms with E-state index in [9.17, 15) is 0 Å². The highest BCUT2D eigenvalue weighted by molar-refractivity contribution is 7.78. The zero-order valence-electron chi connectivity index (χ0n) is 16.2. The van der Waals surface area contributed by atoms with Crippen LogP contribution < -0.4 is 4.90 Å². The number of thiocarbonyl (C=S) groups is 1. The minimum atomic E-state index is -0.227. The topological polar surface area (TPSA) is 111 Å². The van der Waals surface area contributed by atoms with Gasteiger partial charge in [-0.25, -0.2) is 24.3 Å². The van der Waals surface area contributed by atoms with Crippen LogP contribution in [0.1, 0.15) is 44.4 Å². The summed E-state index contributed by atoms with van der Waals surface area (Å²) in [4.78, 5) is 16.0. The lowest BCUT2D eigenvalue weighted by atomic mass is 9.96. The van der Waals surface area contributed by atoms with E-state index in [4.69, 9.17) is 26.8 Å². The molecule has 0 amide bonds. The third kappa shape index (κ3) is 3.38. The molecule has 0 saturated carbocycles. The number of aryl methyl sites for hydroxylation is 1. The van der Waals surface area contributed by atoms with E-state index in [1.807, 2.05) is 6.92 Å². The van der Waals surface area contributed by atoms with Crippen LogP contribution in [0.5, 0.6) is 0 Å². The molecule has 4 rings (SSSR count). The van der Waals surface area contributed by atoms with E-state index in [0.717, 1.165) is 36.8 Å². The normalized spacial score (nSPS) is 17.3. The molecule has 0 radical (unpaired) electrons. The molecule has 146 valence electrons. The molecule has 0 spiro atoms. The average molecular weight is 399 g/mol. The molecule has 28 heavy (non-hydrogen) atoms. The van der Waals surface area contributed by atoms with Crippen molar-refractivity contribution in [1.82, 2.24) is 35.3 Å². The minimum absolute atomic E-state index is 0.125. The molecule has 11 heteroatoms. The van der Waals surface area contributed by atoms with Gasteiger partial charge in [0, 0.05) is 18.5 Å². The average Bonchev–Trinajstić information content (AvgIpc) is 3.36. The summed E-state index contributed by atoms with van der Waals surface area (Å²) in [6.07, 6.45) is 0.901. The van der Waals surface area contributed by atoms with Gasteiger partial charge in [-0.3, -0.25) is 0 Å².